The zero-order valence-corrected chi connectivity index (χ0v) is 11.4. The van der Waals surface area contributed by atoms with E-state index in [2.05, 4.69) is 6.58 Å². The number of carbonyl (C=O) groups excluding carboxylic acids is 1. The first-order valence-corrected chi connectivity index (χ1v) is 6.41. The maximum absolute atomic E-state index is 11.3. The van der Waals surface area contributed by atoms with Crippen molar-refractivity contribution in [2.24, 2.45) is 0 Å². The Morgan fingerprint density at radius 1 is 1.28 bits per heavy atom. The van der Waals surface area contributed by atoms with Gasteiger partial charge in [-0.2, -0.15) is 0 Å². The lowest BCUT2D eigenvalue weighted by Gasteiger charge is -2.21. The highest BCUT2D eigenvalue weighted by atomic mass is 17.2. The minimum atomic E-state index is -0.572. The molecule has 0 aliphatic carbocycles. The minimum absolute atomic E-state index is 0.360. The molecule has 0 aromatic carbocycles. The summed E-state index contributed by atoms with van der Waals surface area (Å²) < 4.78 is 4.85. The standard InChI is InChI=1S/C14H22O4/c1-5-13(6-2)11-14(7-3,18-17-13)10-9-12(15)16-8-4/h5,9-10H,1,6-8,11H2,2-4H3/b10-9+/t13-,14-/m0/s1. The number of ether oxygens (including phenoxy) is 1. The first kappa shape index (κ1) is 14.9. The van der Waals surface area contributed by atoms with Crippen LogP contribution in [0.4, 0.5) is 0 Å². The van der Waals surface area contributed by atoms with Crippen molar-refractivity contribution in [2.75, 3.05) is 6.61 Å². The van der Waals surface area contributed by atoms with Crippen LogP contribution < -0.4 is 0 Å². The molecule has 1 fully saturated rings. The predicted molar refractivity (Wildman–Crippen MR) is 68.8 cm³/mol. The molecule has 0 spiro atoms. The summed E-state index contributed by atoms with van der Waals surface area (Å²) in [6.07, 6.45) is 7.07. The monoisotopic (exact) mass is 254 g/mol. The highest BCUT2D eigenvalue weighted by Crippen LogP contribution is 2.41. The number of hydrogen-bond donors (Lipinski definition) is 0. The van der Waals surface area contributed by atoms with E-state index in [4.69, 9.17) is 14.5 Å². The molecule has 1 saturated heterocycles. The molecular formula is C14H22O4. The molecule has 2 atom stereocenters. The van der Waals surface area contributed by atoms with Crippen LogP contribution in [0.25, 0.3) is 0 Å². The molecule has 0 amide bonds. The molecule has 1 heterocycles. The van der Waals surface area contributed by atoms with E-state index in [0.29, 0.717) is 13.0 Å². The molecule has 102 valence electrons. The second kappa shape index (κ2) is 6.16. The Hall–Kier alpha value is -1.13. The quantitative estimate of drug-likeness (QED) is 0.316. The van der Waals surface area contributed by atoms with E-state index in [0.717, 1.165) is 12.8 Å². The summed E-state index contributed by atoms with van der Waals surface area (Å²) in [6, 6.07) is 0. The third-order valence-corrected chi connectivity index (χ3v) is 3.35. The van der Waals surface area contributed by atoms with Crippen molar-refractivity contribution >= 4 is 5.97 Å². The van der Waals surface area contributed by atoms with Gasteiger partial charge in [-0.3, -0.25) is 0 Å². The molecule has 0 radical (unpaired) electrons. The smallest absolute Gasteiger partial charge is 0.330 e. The average Bonchev–Trinajstić information content (AvgIpc) is 2.78. The van der Waals surface area contributed by atoms with E-state index in [1.165, 1.54) is 6.08 Å². The Bertz CT molecular complexity index is 337. The first-order valence-electron chi connectivity index (χ1n) is 6.41. The molecule has 4 nitrogen and oxygen atoms in total. The SMILES string of the molecule is C=C[C@]1(CC)C[C@@](/C=C/C(=O)OCC)(CC)OO1. The van der Waals surface area contributed by atoms with Gasteiger partial charge >= 0.3 is 5.97 Å². The number of hydrogen-bond acceptors (Lipinski definition) is 4. The summed E-state index contributed by atoms with van der Waals surface area (Å²) in [5, 5.41) is 0. The molecule has 1 aliphatic rings. The van der Waals surface area contributed by atoms with Crippen LogP contribution in [0.15, 0.2) is 24.8 Å². The van der Waals surface area contributed by atoms with Crippen LogP contribution >= 0.6 is 0 Å². The molecule has 0 unspecified atom stereocenters. The van der Waals surface area contributed by atoms with E-state index in [1.54, 1.807) is 19.1 Å². The van der Waals surface area contributed by atoms with E-state index in [1.807, 2.05) is 13.8 Å². The summed E-state index contributed by atoms with van der Waals surface area (Å²) in [7, 11) is 0. The lowest BCUT2D eigenvalue weighted by Crippen LogP contribution is -2.29. The fraction of sp³-hybridized carbons (Fsp3) is 0.643. The molecule has 0 bridgehead atoms. The fourth-order valence-corrected chi connectivity index (χ4v) is 1.96. The van der Waals surface area contributed by atoms with Crippen LogP contribution in [-0.2, 0) is 19.3 Å². The second-order valence-electron chi connectivity index (χ2n) is 4.47. The van der Waals surface area contributed by atoms with Crippen molar-refractivity contribution in [3.05, 3.63) is 24.8 Å². The Morgan fingerprint density at radius 2 is 1.89 bits per heavy atom. The molecular weight excluding hydrogens is 232 g/mol. The van der Waals surface area contributed by atoms with Gasteiger partial charge in [0, 0.05) is 12.5 Å². The molecule has 0 aromatic rings. The average molecular weight is 254 g/mol. The highest BCUT2D eigenvalue weighted by molar-refractivity contribution is 5.82. The van der Waals surface area contributed by atoms with Crippen molar-refractivity contribution in [1.29, 1.82) is 0 Å². The zero-order valence-electron chi connectivity index (χ0n) is 11.4. The van der Waals surface area contributed by atoms with Crippen LogP contribution in [0.1, 0.15) is 40.0 Å². The van der Waals surface area contributed by atoms with E-state index in [-0.39, 0.29) is 5.97 Å². The maximum atomic E-state index is 11.3. The highest BCUT2D eigenvalue weighted by Gasteiger charge is 2.47. The van der Waals surface area contributed by atoms with Crippen molar-refractivity contribution in [3.8, 4) is 0 Å². The Balaban J connectivity index is 2.77. The number of rotatable bonds is 6. The summed E-state index contributed by atoms with van der Waals surface area (Å²) in [4.78, 5) is 22.2. The van der Waals surface area contributed by atoms with Crippen LogP contribution in [0.2, 0.25) is 0 Å². The number of carbonyl (C=O) groups is 1. The maximum Gasteiger partial charge on any atom is 0.330 e. The van der Waals surface area contributed by atoms with Crippen LogP contribution in [-0.4, -0.2) is 23.8 Å². The van der Waals surface area contributed by atoms with E-state index in [9.17, 15) is 4.79 Å². The molecule has 1 rings (SSSR count). The summed E-state index contributed by atoms with van der Waals surface area (Å²) >= 11 is 0. The van der Waals surface area contributed by atoms with Crippen molar-refractivity contribution in [2.45, 2.75) is 51.2 Å². The lowest BCUT2D eigenvalue weighted by atomic mass is 9.84. The van der Waals surface area contributed by atoms with Gasteiger partial charge < -0.3 is 4.74 Å². The fourth-order valence-electron chi connectivity index (χ4n) is 1.96. The van der Waals surface area contributed by atoms with Gasteiger partial charge in [-0.15, -0.1) is 6.58 Å². The van der Waals surface area contributed by atoms with E-state index >= 15 is 0 Å². The molecule has 1 aliphatic heterocycles. The second-order valence-corrected chi connectivity index (χ2v) is 4.47. The van der Waals surface area contributed by atoms with Gasteiger partial charge in [0.15, 0.2) is 0 Å². The molecule has 4 heteroatoms. The van der Waals surface area contributed by atoms with Crippen LogP contribution in [0, 0.1) is 0 Å². The summed E-state index contributed by atoms with van der Waals surface area (Å²) in [6.45, 7) is 9.94. The molecule has 0 aromatic heterocycles. The van der Waals surface area contributed by atoms with Crippen molar-refractivity contribution in [3.63, 3.8) is 0 Å². The van der Waals surface area contributed by atoms with Gasteiger partial charge in [-0.05, 0) is 25.8 Å². The molecule has 0 saturated carbocycles. The van der Waals surface area contributed by atoms with Gasteiger partial charge in [-0.1, -0.05) is 19.9 Å². The van der Waals surface area contributed by atoms with Gasteiger partial charge in [0.05, 0.1) is 6.61 Å². The Labute approximate surface area is 109 Å². The third-order valence-electron chi connectivity index (χ3n) is 3.35. The van der Waals surface area contributed by atoms with Gasteiger partial charge in [0.1, 0.15) is 11.2 Å². The zero-order chi connectivity index (χ0) is 13.6. The van der Waals surface area contributed by atoms with Crippen LogP contribution in [0.5, 0.6) is 0 Å². The third kappa shape index (κ3) is 3.21. The normalized spacial score (nSPS) is 31.7. The van der Waals surface area contributed by atoms with Crippen LogP contribution in [0.3, 0.4) is 0 Å². The lowest BCUT2D eigenvalue weighted by molar-refractivity contribution is -0.332. The topological polar surface area (TPSA) is 44.8 Å². The minimum Gasteiger partial charge on any atom is -0.463 e. The van der Waals surface area contributed by atoms with Crippen molar-refractivity contribution < 1.29 is 19.3 Å². The first-order chi connectivity index (χ1) is 8.55. The summed E-state index contributed by atoms with van der Waals surface area (Å²) in [5.74, 6) is -0.360. The molecule has 18 heavy (non-hydrogen) atoms. The number of esters is 1. The van der Waals surface area contributed by atoms with Gasteiger partial charge in [0.25, 0.3) is 0 Å². The predicted octanol–water partition coefficient (Wildman–Crippen LogP) is 2.94. The largest absolute Gasteiger partial charge is 0.463 e. The Kier molecular flexibility index (Phi) is 5.11. The molecule has 0 N–H and O–H groups in total. The van der Waals surface area contributed by atoms with Gasteiger partial charge in [0.2, 0.25) is 0 Å². The van der Waals surface area contributed by atoms with E-state index < -0.39 is 11.2 Å². The summed E-state index contributed by atoms with van der Waals surface area (Å²) in [5.41, 5.74) is -1.04. The van der Waals surface area contributed by atoms with Gasteiger partial charge in [-0.25, -0.2) is 14.6 Å². The van der Waals surface area contributed by atoms with Crippen molar-refractivity contribution in [1.82, 2.24) is 0 Å². The Morgan fingerprint density at radius 3 is 2.33 bits per heavy atom.